The maximum Gasteiger partial charge on any atom is 0.310 e. The van der Waals surface area contributed by atoms with Crippen LogP contribution in [-0.4, -0.2) is 17.6 Å². The highest BCUT2D eigenvalue weighted by molar-refractivity contribution is 5.72. The molecule has 0 saturated carbocycles. The van der Waals surface area contributed by atoms with Gasteiger partial charge in [0, 0.05) is 5.56 Å². The quantitative estimate of drug-likeness (QED) is 0.456. The van der Waals surface area contributed by atoms with Gasteiger partial charge in [-0.05, 0) is 6.92 Å². The van der Waals surface area contributed by atoms with Crippen molar-refractivity contribution in [2.24, 2.45) is 0 Å². The van der Waals surface area contributed by atoms with Crippen molar-refractivity contribution in [1.29, 1.82) is 0 Å². The lowest BCUT2D eigenvalue weighted by Crippen LogP contribution is -2.13. The van der Waals surface area contributed by atoms with Crippen molar-refractivity contribution < 1.29 is 27.1 Å². The molecule has 1 heterocycles. The average Bonchev–Trinajstić information content (AvgIpc) is 2.22. The Hall–Kier alpha value is -1.66. The number of hydrogen-bond donors (Lipinski definition) is 0. The van der Waals surface area contributed by atoms with Crippen molar-refractivity contribution in [1.82, 2.24) is 4.98 Å². The molecule has 0 radical (unpaired) electrons. The summed E-state index contributed by atoms with van der Waals surface area (Å²) in [5.74, 6) is -7.94. The van der Waals surface area contributed by atoms with Gasteiger partial charge in [-0.1, -0.05) is 0 Å². The summed E-state index contributed by atoms with van der Waals surface area (Å²) in [5, 5.41) is 0. The molecule has 0 spiro atoms. The van der Waals surface area contributed by atoms with E-state index in [1.54, 1.807) is 0 Å². The van der Waals surface area contributed by atoms with Crippen LogP contribution in [-0.2, 0) is 16.0 Å². The van der Waals surface area contributed by atoms with Crippen LogP contribution in [0, 0.1) is 23.5 Å². The predicted octanol–water partition coefficient (Wildman–Crippen LogP) is 1.74. The molecule has 1 rings (SSSR count). The van der Waals surface area contributed by atoms with Crippen molar-refractivity contribution in [3.63, 3.8) is 0 Å². The first-order valence-electron chi connectivity index (χ1n) is 4.31. The zero-order valence-corrected chi connectivity index (χ0v) is 8.19. The highest BCUT2D eigenvalue weighted by atomic mass is 19.2. The Labute approximate surface area is 88.0 Å². The summed E-state index contributed by atoms with van der Waals surface area (Å²) in [7, 11) is 0. The number of ether oxygens (including phenoxy) is 1. The topological polar surface area (TPSA) is 39.2 Å². The van der Waals surface area contributed by atoms with Crippen LogP contribution in [0.15, 0.2) is 0 Å². The molecule has 0 amide bonds. The van der Waals surface area contributed by atoms with E-state index in [1.165, 1.54) is 6.92 Å². The molecule has 0 N–H and O–H groups in total. The number of carbonyl (C=O) groups is 1. The Kier molecular flexibility index (Phi) is 3.81. The second kappa shape index (κ2) is 4.91. The molecule has 88 valence electrons. The van der Waals surface area contributed by atoms with Gasteiger partial charge in [-0.15, -0.1) is 0 Å². The monoisotopic (exact) mass is 237 g/mol. The van der Waals surface area contributed by atoms with E-state index in [-0.39, 0.29) is 6.61 Å². The Balaban J connectivity index is 3.07. The third-order valence-corrected chi connectivity index (χ3v) is 1.71. The minimum absolute atomic E-state index is 0.00187. The lowest BCUT2D eigenvalue weighted by atomic mass is 10.2. The molecule has 0 aliphatic heterocycles. The van der Waals surface area contributed by atoms with Crippen molar-refractivity contribution in [2.75, 3.05) is 6.61 Å². The van der Waals surface area contributed by atoms with E-state index in [9.17, 15) is 22.4 Å². The molecule has 0 unspecified atom stereocenters. The standard InChI is InChI=1S/C9H7F4NO2/c1-2-16-5(15)3-4-6(10)8(12)14-9(13)7(4)11/h2-3H2,1H3. The first kappa shape index (κ1) is 12.4. The zero-order valence-electron chi connectivity index (χ0n) is 8.19. The van der Waals surface area contributed by atoms with Crippen molar-refractivity contribution in [3.05, 3.63) is 29.1 Å². The number of aromatic nitrogens is 1. The molecule has 0 aliphatic rings. The van der Waals surface area contributed by atoms with E-state index in [2.05, 4.69) is 9.72 Å². The van der Waals surface area contributed by atoms with Gasteiger partial charge in [0.1, 0.15) is 0 Å². The van der Waals surface area contributed by atoms with E-state index >= 15 is 0 Å². The molecular formula is C9H7F4NO2. The molecule has 0 atom stereocenters. The summed E-state index contributed by atoms with van der Waals surface area (Å²) < 4.78 is 55.6. The number of pyridine rings is 1. The van der Waals surface area contributed by atoms with Gasteiger partial charge >= 0.3 is 5.97 Å². The number of carbonyl (C=O) groups excluding carboxylic acids is 1. The Morgan fingerprint density at radius 1 is 1.19 bits per heavy atom. The van der Waals surface area contributed by atoms with Gasteiger partial charge in [-0.2, -0.15) is 13.8 Å². The Morgan fingerprint density at radius 3 is 2.12 bits per heavy atom. The van der Waals surface area contributed by atoms with Crippen LogP contribution < -0.4 is 0 Å². The molecule has 0 aliphatic carbocycles. The zero-order chi connectivity index (χ0) is 12.3. The van der Waals surface area contributed by atoms with Crippen LogP contribution in [0.5, 0.6) is 0 Å². The molecule has 0 saturated heterocycles. The lowest BCUT2D eigenvalue weighted by molar-refractivity contribution is -0.142. The van der Waals surface area contributed by atoms with Crippen LogP contribution in [0.3, 0.4) is 0 Å². The highest BCUT2D eigenvalue weighted by Gasteiger charge is 2.22. The third-order valence-electron chi connectivity index (χ3n) is 1.71. The van der Waals surface area contributed by atoms with Gasteiger partial charge < -0.3 is 4.74 Å². The lowest BCUT2D eigenvalue weighted by Gasteiger charge is -2.05. The summed E-state index contributed by atoms with van der Waals surface area (Å²) in [6.45, 7) is 1.48. The summed E-state index contributed by atoms with van der Waals surface area (Å²) in [5.41, 5.74) is -1.02. The van der Waals surface area contributed by atoms with Crippen LogP contribution >= 0.6 is 0 Å². The summed E-state index contributed by atoms with van der Waals surface area (Å²) in [6.07, 6.45) is -0.887. The SMILES string of the molecule is CCOC(=O)Cc1c(F)c(F)nc(F)c1F. The van der Waals surface area contributed by atoms with Gasteiger partial charge in [-0.3, -0.25) is 4.79 Å². The molecule has 1 aromatic rings. The average molecular weight is 237 g/mol. The molecule has 7 heteroatoms. The first-order chi connectivity index (χ1) is 7.47. The predicted molar refractivity (Wildman–Crippen MR) is 44.4 cm³/mol. The van der Waals surface area contributed by atoms with Gasteiger partial charge in [0.2, 0.25) is 0 Å². The highest BCUT2D eigenvalue weighted by Crippen LogP contribution is 2.17. The minimum Gasteiger partial charge on any atom is -0.466 e. The fraction of sp³-hybridized carbons (Fsp3) is 0.333. The first-order valence-corrected chi connectivity index (χ1v) is 4.31. The van der Waals surface area contributed by atoms with Crippen molar-refractivity contribution >= 4 is 5.97 Å². The maximum absolute atomic E-state index is 13.0. The minimum atomic E-state index is -1.79. The maximum atomic E-state index is 13.0. The van der Waals surface area contributed by atoms with Crippen LogP contribution in [0.2, 0.25) is 0 Å². The number of halogens is 4. The number of esters is 1. The van der Waals surface area contributed by atoms with Crippen molar-refractivity contribution in [2.45, 2.75) is 13.3 Å². The largest absolute Gasteiger partial charge is 0.466 e. The van der Waals surface area contributed by atoms with E-state index in [1.807, 2.05) is 0 Å². The van der Waals surface area contributed by atoms with E-state index in [0.29, 0.717) is 0 Å². The summed E-state index contributed by atoms with van der Waals surface area (Å²) in [4.78, 5) is 13.3. The van der Waals surface area contributed by atoms with Gasteiger partial charge in [-0.25, -0.2) is 8.78 Å². The second-order valence-electron chi connectivity index (χ2n) is 2.78. The van der Waals surface area contributed by atoms with Crippen molar-refractivity contribution in [3.8, 4) is 0 Å². The number of rotatable bonds is 3. The summed E-state index contributed by atoms with van der Waals surface area (Å²) in [6, 6.07) is 0. The molecule has 1 aromatic heterocycles. The molecule has 0 aromatic carbocycles. The third kappa shape index (κ3) is 2.47. The number of nitrogens with zero attached hydrogens (tertiary/aromatic N) is 1. The van der Waals surface area contributed by atoms with E-state index in [0.717, 1.165) is 0 Å². The molecule has 3 nitrogen and oxygen atoms in total. The fourth-order valence-corrected chi connectivity index (χ4v) is 1.04. The van der Waals surface area contributed by atoms with Gasteiger partial charge in [0.05, 0.1) is 13.0 Å². The molecule has 0 bridgehead atoms. The normalized spacial score (nSPS) is 10.3. The van der Waals surface area contributed by atoms with Gasteiger partial charge in [0.15, 0.2) is 11.6 Å². The fourth-order valence-electron chi connectivity index (χ4n) is 1.04. The molecule has 0 fully saturated rings. The van der Waals surface area contributed by atoms with Crippen LogP contribution in [0.4, 0.5) is 17.6 Å². The number of hydrogen-bond acceptors (Lipinski definition) is 3. The van der Waals surface area contributed by atoms with Crippen LogP contribution in [0.25, 0.3) is 0 Å². The van der Waals surface area contributed by atoms with E-state index < -0.39 is 41.5 Å². The smallest absolute Gasteiger partial charge is 0.310 e. The molecule has 16 heavy (non-hydrogen) atoms. The van der Waals surface area contributed by atoms with Crippen LogP contribution in [0.1, 0.15) is 12.5 Å². The van der Waals surface area contributed by atoms with Gasteiger partial charge in [0.25, 0.3) is 11.9 Å². The molecular weight excluding hydrogens is 230 g/mol. The Morgan fingerprint density at radius 2 is 1.69 bits per heavy atom. The Bertz CT molecular complexity index is 396. The second-order valence-corrected chi connectivity index (χ2v) is 2.78. The van der Waals surface area contributed by atoms with E-state index in [4.69, 9.17) is 0 Å². The summed E-state index contributed by atoms with van der Waals surface area (Å²) >= 11 is 0.